The normalized spacial score (nSPS) is 22.9. The lowest BCUT2D eigenvalue weighted by Crippen LogP contribution is -2.30. The van der Waals surface area contributed by atoms with Gasteiger partial charge in [-0.3, -0.25) is 0 Å². The molecule has 2 aromatic rings. The molecule has 0 spiro atoms. The van der Waals surface area contributed by atoms with Crippen molar-refractivity contribution in [3.05, 3.63) is 53.3 Å². The maximum Gasteiger partial charge on any atom is 0.150 e. The zero-order chi connectivity index (χ0) is 15.7. The molecule has 1 aliphatic heterocycles. The maximum atomic E-state index is 5.88. The Morgan fingerprint density at radius 2 is 2.04 bits per heavy atom. The highest BCUT2D eigenvalue weighted by molar-refractivity contribution is 5.32. The molecule has 1 aromatic heterocycles. The molecule has 1 aromatic carbocycles. The standard InChI is InChI=1S/C19H25N3O/c1-15-5-7-16(8-6-15)19(10-11-19)20-14-17-9-12-21-22(17)18-4-2-3-13-23-18/h5-9,12,18,20H,2-4,10-11,13-14H2,1H3/t18-/m1/s1. The van der Waals surface area contributed by atoms with Gasteiger partial charge in [0.15, 0.2) is 6.23 Å². The van der Waals surface area contributed by atoms with Gasteiger partial charge >= 0.3 is 0 Å². The minimum Gasteiger partial charge on any atom is -0.357 e. The summed E-state index contributed by atoms with van der Waals surface area (Å²) in [4.78, 5) is 0. The minimum atomic E-state index is 0.116. The molecule has 2 aliphatic rings. The number of aromatic nitrogens is 2. The van der Waals surface area contributed by atoms with Gasteiger partial charge < -0.3 is 10.1 Å². The molecule has 0 unspecified atom stereocenters. The Morgan fingerprint density at radius 1 is 1.22 bits per heavy atom. The number of nitrogens with one attached hydrogen (secondary N) is 1. The average Bonchev–Trinajstić information content (AvgIpc) is 3.23. The van der Waals surface area contributed by atoms with E-state index in [9.17, 15) is 0 Å². The molecule has 122 valence electrons. The largest absolute Gasteiger partial charge is 0.357 e. The van der Waals surface area contributed by atoms with Gasteiger partial charge in [0.05, 0.1) is 5.69 Å². The van der Waals surface area contributed by atoms with Crippen LogP contribution in [0.1, 0.15) is 55.2 Å². The van der Waals surface area contributed by atoms with Crippen LogP contribution in [0.3, 0.4) is 0 Å². The summed E-state index contributed by atoms with van der Waals surface area (Å²) in [5, 5.41) is 8.27. The summed E-state index contributed by atoms with van der Waals surface area (Å²) < 4.78 is 7.95. The van der Waals surface area contributed by atoms with Crippen LogP contribution >= 0.6 is 0 Å². The summed E-state index contributed by atoms with van der Waals surface area (Å²) in [6.45, 7) is 3.83. The van der Waals surface area contributed by atoms with Crippen molar-refractivity contribution < 1.29 is 4.74 Å². The molecule has 1 aliphatic carbocycles. The van der Waals surface area contributed by atoms with Gasteiger partial charge in [0.1, 0.15) is 0 Å². The van der Waals surface area contributed by atoms with Crippen molar-refractivity contribution in [2.75, 3.05) is 6.61 Å². The fraction of sp³-hybridized carbons (Fsp3) is 0.526. The van der Waals surface area contributed by atoms with E-state index in [4.69, 9.17) is 4.74 Å². The van der Waals surface area contributed by atoms with E-state index < -0.39 is 0 Å². The molecule has 1 saturated carbocycles. The molecular weight excluding hydrogens is 286 g/mol. The number of ether oxygens (including phenoxy) is 1. The van der Waals surface area contributed by atoms with Gasteiger partial charge in [-0.15, -0.1) is 0 Å². The number of aryl methyl sites for hydroxylation is 1. The zero-order valence-corrected chi connectivity index (χ0v) is 13.8. The van der Waals surface area contributed by atoms with Crippen molar-refractivity contribution in [3.8, 4) is 0 Å². The van der Waals surface area contributed by atoms with Crippen LogP contribution in [0, 0.1) is 6.92 Å². The summed E-state index contributed by atoms with van der Waals surface area (Å²) in [7, 11) is 0. The van der Waals surface area contributed by atoms with Gasteiger partial charge in [0.25, 0.3) is 0 Å². The summed E-state index contributed by atoms with van der Waals surface area (Å²) >= 11 is 0. The first-order chi connectivity index (χ1) is 11.3. The second-order valence-electron chi connectivity index (χ2n) is 6.89. The van der Waals surface area contributed by atoms with Crippen LogP contribution in [-0.4, -0.2) is 16.4 Å². The average molecular weight is 311 g/mol. The third-order valence-electron chi connectivity index (χ3n) is 5.14. The highest BCUT2D eigenvalue weighted by Gasteiger charge is 2.43. The monoisotopic (exact) mass is 311 g/mol. The molecule has 23 heavy (non-hydrogen) atoms. The second-order valence-corrected chi connectivity index (χ2v) is 6.89. The molecule has 2 fully saturated rings. The summed E-state index contributed by atoms with van der Waals surface area (Å²) in [6, 6.07) is 11.0. The van der Waals surface area contributed by atoms with Crippen LogP contribution in [-0.2, 0) is 16.8 Å². The van der Waals surface area contributed by atoms with Gasteiger partial charge in [0.2, 0.25) is 0 Å². The van der Waals surface area contributed by atoms with E-state index in [2.05, 4.69) is 52.4 Å². The van der Waals surface area contributed by atoms with E-state index in [-0.39, 0.29) is 11.8 Å². The molecule has 4 nitrogen and oxygen atoms in total. The lowest BCUT2D eigenvalue weighted by Gasteiger charge is -2.25. The Kier molecular flexibility index (Phi) is 3.95. The van der Waals surface area contributed by atoms with Crippen LogP contribution in [0.25, 0.3) is 0 Å². The summed E-state index contributed by atoms with van der Waals surface area (Å²) in [5.74, 6) is 0. The van der Waals surface area contributed by atoms with E-state index in [0.29, 0.717) is 0 Å². The van der Waals surface area contributed by atoms with Crippen LogP contribution in [0.4, 0.5) is 0 Å². The first-order valence-corrected chi connectivity index (χ1v) is 8.73. The van der Waals surface area contributed by atoms with Gasteiger partial charge in [-0.05, 0) is 50.7 Å². The predicted molar refractivity (Wildman–Crippen MR) is 90.0 cm³/mol. The number of benzene rings is 1. The van der Waals surface area contributed by atoms with Gasteiger partial charge in [0, 0.05) is 24.9 Å². The maximum absolute atomic E-state index is 5.88. The molecule has 1 saturated heterocycles. The Bertz CT molecular complexity index is 652. The highest BCUT2D eigenvalue weighted by Crippen LogP contribution is 2.45. The highest BCUT2D eigenvalue weighted by atomic mass is 16.5. The SMILES string of the molecule is Cc1ccc(C2(NCc3ccnn3[C@H]3CCCCO3)CC2)cc1. The lowest BCUT2D eigenvalue weighted by molar-refractivity contribution is -0.0413. The fourth-order valence-corrected chi connectivity index (χ4v) is 3.48. The van der Waals surface area contributed by atoms with Crippen LogP contribution in [0.2, 0.25) is 0 Å². The lowest BCUT2D eigenvalue weighted by atomic mass is 10.0. The van der Waals surface area contributed by atoms with Crippen LogP contribution < -0.4 is 5.32 Å². The molecule has 0 amide bonds. The van der Waals surface area contributed by atoms with Crippen LogP contribution in [0.5, 0.6) is 0 Å². The van der Waals surface area contributed by atoms with Gasteiger partial charge in [-0.25, -0.2) is 4.68 Å². The summed E-state index contributed by atoms with van der Waals surface area (Å²) in [6.07, 6.45) is 7.89. The molecule has 1 atom stereocenters. The van der Waals surface area contributed by atoms with E-state index in [1.165, 1.54) is 42.5 Å². The number of nitrogens with zero attached hydrogens (tertiary/aromatic N) is 2. The smallest absolute Gasteiger partial charge is 0.150 e. The van der Waals surface area contributed by atoms with E-state index in [0.717, 1.165) is 19.6 Å². The molecule has 2 heterocycles. The van der Waals surface area contributed by atoms with Gasteiger partial charge in [-0.1, -0.05) is 29.8 Å². The Hall–Kier alpha value is -1.65. The fourth-order valence-electron chi connectivity index (χ4n) is 3.48. The van der Waals surface area contributed by atoms with Gasteiger partial charge in [-0.2, -0.15) is 5.10 Å². The van der Waals surface area contributed by atoms with Crippen molar-refractivity contribution in [1.82, 2.24) is 15.1 Å². The van der Waals surface area contributed by atoms with Crippen LogP contribution in [0.15, 0.2) is 36.5 Å². The Balaban J connectivity index is 1.45. The van der Waals surface area contributed by atoms with Crippen molar-refractivity contribution >= 4 is 0 Å². The molecule has 0 radical (unpaired) electrons. The quantitative estimate of drug-likeness (QED) is 0.915. The Labute approximate surface area is 137 Å². The molecule has 4 heteroatoms. The molecular formula is C19H25N3O. The summed E-state index contributed by atoms with van der Waals surface area (Å²) in [5.41, 5.74) is 4.10. The van der Waals surface area contributed by atoms with E-state index >= 15 is 0 Å². The zero-order valence-electron chi connectivity index (χ0n) is 13.8. The molecule has 4 rings (SSSR count). The van der Waals surface area contributed by atoms with E-state index in [1.54, 1.807) is 0 Å². The molecule has 0 bridgehead atoms. The third-order valence-corrected chi connectivity index (χ3v) is 5.14. The second kappa shape index (κ2) is 6.10. The van der Waals surface area contributed by atoms with Crippen molar-refractivity contribution in [1.29, 1.82) is 0 Å². The first kappa shape index (κ1) is 14.9. The van der Waals surface area contributed by atoms with Crippen molar-refractivity contribution in [2.24, 2.45) is 0 Å². The van der Waals surface area contributed by atoms with Crippen molar-refractivity contribution in [3.63, 3.8) is 0 Å². The third kappa shape index (κ3) is 3.06. The first-order valence-electron chi connectivity index (χ1n) is 8.73. The number of hydrogen-bond donors (Lipinski definition) is 1. The number of rotatable bonds is 5. The minimum absolute atomic E-state index is 0.116. The number of hydrogen-bond acceptors (Lipinski definition) is 3. The van der Waals surface area contributed by atoms with Crippen molar-refractivity contribution in [2.45, 2.75) is 57.3 Å². The predicted octanol–water partition coefficient (Wildman–Crippen LogP) is 3.67. The van der Waals surface area contributed by atoms with E-state index in [1.807, 2.05) is 6.20 Å². The Morgan fingerprint density at radius 3 is 2.74 bits per heavy atom. The topological polar surface area (TPSA) is 39.1 Å². The molecule has 1 N–H and O–H groups in total.